The van der Waals surface area contributed by atoms with Gasteiger partial charge in [0.2, 0.25) is 0 Å². The van der Waals surface area contributed by atoms with Crippen LogP contribution in [0.15, 0.2) is 36.7 Å². The molecule has 0 bridgehead atoms. The van der Waals surface area contributed by atoms with Crippen LogP contribution in [-0.4, -0.2) is 11.0 Å². The lowest BCUT2D eigenvalue weighted by Gasteiger charge is -2.24. The van der Waals surface area contributed by atoms with Gasteiger partial charge in [0, 0.05) is 24.5 Å². The molecule has 1 N–H and O–H groups in total. The maximum atomic E-state index is 4.04. The third kappa shape index (κ3) is 2.90. The normalized spacial score (nSPS) is 22.6. The van der Waals surface area contributed by atoms with E-state index < -0.39 is 0 Å². The van der Waals surface area contributed by atoms with Crippen LogP contribution < -0.4 is 5.32 Å². The smallest absolute Gasteiger partial charge is 0.0295 e. The van der Waals surface area contributed by atoms with Gasteiger partial charge >= 0.3 is 0 Å². The van der Waals surface area contributed by atoms with Gasteiger partial charge in [0.15, 0.2) is 0 Å². The fourth-order valence-corrected chi connectivity index (χ4v) is 2.05. The molecule has 2 nitrogen and oxygen atoms in total. The van der Waals surface area contributed by atoms with E-state index in [2.05, 4.69) is 41.5 Å². The first-order chi connectivity index (χ1) is 7.36. The fourth-order valence-electron chi connectivity index (χ4n) is 2.05. The van der Waals surface area contributed by atoms with Crippen molar-refractivity contribution in [2.24, 2.45) is 0 Å². The molecule has 2 unspecified atom stereocenters. The van der Waals surface area contributed by atoms with Crippen molar-refractivity contribution in [1.29, 1.82) is 0 Å². The standard InChI is InChI=1S/C13H18N2/c1-11(12-7-9-14-10-8-12)15-13-5-3-2-4-6-13/h2-3,7-11,13,15H,4-6H2,1H3. The van der Waals surface area contributed by atoms with E-state index in [1.165, 1.54) is 18.4 Å². The summed E-state index contributed by atoms with van der Waals surface area (Å²) < 4.78 is 0. The Balaban J connectivity index is 1.92. The average molecular weight is 202 g/mol. The molecule has 0 aromatic carbocycles. The van der Waals surface area contributed by atoms with Crippen LogP contribution in [0.5, 0.6) is 0 Å². The van der Waals surface area contributed by atoms with Crippen molar-refractivity contribution in [2.75, 3.05) is 0 Å². The molecule has 80 valence electrons. The second-order valence-electron chi connectivity index (χ2n) is 4.15. The van der Waals surface area contributed by atoms with E-state index in [1.807, 2.05) is 12.4 Å². The highest BCUT2D eigenvalue weighted by molar-refractivity contribution is 5.14. The molecule has 1 aromatic heterocycles. The number of hydrogen-bond donors (Lipinski definition) is 1. The summed E-state index contributed by atoms with van der Waals surface area (Å²) in [6.45, 7) is 2.22. The van der Waals surface area contributed by atoms with Gasteiger partial charge in [-0.15, -0.1) is 0 Å². The summed E-state index contributed by atoms with van der Waals surface area (Å²) in [7, 11) is 0. The van der Waals surface area contributed by atoms with Crippen LogP contribution in [0.2, 0.25) is 0 Å². The van der Waals surface area contributed by atoms with Crippen LogP contribution in [0, 0.1) is 0 Å². The summed E-state index contributed by atoms with van der Waals surface area (Å²) in [5.41, 5.74) is 1.32. The second-order valence-corrected chi connectivity index (χ2v) is 4.15. The number of hydrogen-bond acceptors (Lipinski definition) is 2. The molecule has 1 heterocycles. The van der Waals surface area contributed by atoms with E-state index in [9.17, 15) is 0 Å². The predicted octanol–water partition coefficient (Wildman–Crippen LogP) is 2.84. The molecular formula is C13H18N2. The molecule has 0 radical (unpaired) electrons. The molecule has 15 heavy (non-hydrogen) atoms. The summed E-state index contributed by atoms with van der Waals surface area (Å²) in [6.07, 6.45) is 11.9. The van der Waals surface area contributed by atoms with Crippen LogP contribution in [0.4, 0.5) is 0 Å². The van der Waals surface area contributed by atoms with E-state index >= 15 is 0 Å². The van der Waals surface area contributed by atoms with Crippen molar-refractivity contribution < 1.29 is 0 Å². The summed E-state index contributed by atoms with van der Waals surface area (Å²) in [6, 6.07) is 5.22. The van der Waals surface area contributed by atoms with Gasteiger partial charge < -0.3 is 5.32 Å². The molecule has 0 saturated carbocycles. The van der Waals surface area contributed by atoms with Crippen molar-refractivity contribution in [2.45, 2.75) is 38.3 Å². The maximum Gasteiger partial charge on any atom is 0.0295 e. The number of nitrogens with zero attached hydrogens (tertiary/aromatic N) is 1. The van der Waals surface area contributed by atoms with Gasteiger partial charge in [-0.3, -0.25) is 4.98 Å². The van der Waals surface area contributed by atoms with E-state index in [1.54, 1.807) is 0 Å². The van der Waals surface area contributed by atoms with Gasteiger partial charge in [0.25, 0.3) is 0 Å². The van der Waals surface area contributed by atoms with Crippen molar-refractivity contribution in [3.8, 4) is 0 Å². The number of allylic oxidation sites excluding steroid dienone is 1. The Morgan fingerprint density at radius 2 is 2.13 bits per heavy atom. The van der Waals surface area contributed by atoms with Crippen LogP contribution in [0.3, 0.4) is 0 Å². The first-order valence-electron chi connectivity index (χ1n) is 5.67. The molecular weight excluding hydrogens is 184 g/mol. The summed E-state index contributed by atoms with van der Waals surface area (Å²) >= 11 is 0. The average Bonchev–Trinajstić information content (AvgIpc) is 2.31. The van der Waals surface area contributed by atoms with Gasteiger partial charge in [-0.2, -0.15) is 0 Å². The summed E-state index contributed by atoms with van der Waals surface area (Å²) in [5, 5.41) is 3.66. The van der Waals surface area contributed by atoms with E-state index in [4.69, 9.17) is 0 Å². The zero-order valence-corrected chi connectivity index (χ0v) is 9.19. The molecule has 1 aliphatic carbocycles. The largest absolute Gasteiger partial charge is 0.307 e. The molecule has 2 heteroatoms. The lowest BCUT2D eigenvalue weighted by molar-refractivity contribution is 0.426. The van der Waals surface area contributed by atoms with E-state index in [0.717, 1.165) is 6.42 Å². The van der Waals surface area contributed by atoms with E-state index in [-0.39, 0.29) is 0 Å². The van der Waals surface area contributed by atoms with Crippen LogP contribution in [-0.2, 0) is 0 Å². The molecule has 2 rings (SSSR count). The first-order valence-corrected chi connectivity index (χ1v) is 5.67. The minimum Gasteiger partial charge on any atom is -0.307 e. The highest BCUT2D eigenvalue weighted by Gasteiger charge is 2.13. The van der Waals surface area contributed by atoms with Crippen molar-refractivity contribution in [3.05, 3.63) is 42.2 Å². The number of rotatable bonds is 3. The lowest BCUT2D eigenvalue weighted by Crippen LogP contribution is -2.32. The Morgan fingerprint density at radius 1 is 1.33 bits per heavy atom. The SMILES string of the molecule is CC(NC1CC=CCC1)c1ccncc1. The third-order valence-electron chi connectivity index (χ3n) is 2.96. The van der Waals surface area contributed by atoms with Gasteiger partial charge in [0.05, 0.1) is 0 Å². The second kappa shape index (κ2) is 5.08. The molecule has 0 spiro atoms. The molecule has 1 aliphatic rings. The van der Waals surface area contributed by atoms with Crippen LogP contribution in [0.1, 0.15) is 37.8 Å². The zero-order valence-electron chi connectivity index (χ0n) is 9.19. The first kappa shape index (κ1) is 10.4. The summed E-state index contributed by atoms with van der Waals surface area (Å²) in [4.78, 5) is 4.04. The Labute approximate surface area is 91.4 Å². The number of nitrogens with one attached hydrogen (secondary N) is 1. The number of aromatic nitrogens is 1. The maximum absolute atomic E-state index is 4.04. The monoisotopic (exact) mass is 202 g/mol. The van der Waals surface area contributed by atoms with Crippen molar-refractivity contribution in [1.82, 2.24) is 10.3 Å². The molecule has 1 aromatic rings. The Hall–Kier alpha value is -1.15. The minimum atomic E-state index is 0.421. The van der Waals surface area contributed by atoms with Gasteiger partial charge in [-0.1, -0.05) is 12.2 Å². The molecule has 0 fully saturated rings. The van der Waals surface area contributed by atoms with Crippen molar-refractivity contribution in [3.63, 3.8) is 0 Å². The lowest BCUT2D eigenvalue weighted by atomic mass is 10.00. The fraction of sp³-hybridized carbons (Fsp3) is 0.462. The minimum absolute atomic E-state index is 0.421. The Bertz CT molecular complexity index is 319. The highest BCUT2D eigenvalue weighted by atomic mass is 14.9. The van der Waals surface area contributed by atoms with Gasteiger partial charge in [0.1, 0.15) is 0 Å². The van der Waals surface area contributed by atoms with Gasteiger partial charge in [-0.25, -0.2) is 0 Å². The molecule has 0 aliphatic heterocycles. The van der Waals surface area contributed by atoms with Crippen LogP contribution >= 0.6 is 0 Å². The molecule has 0 saturated heterocycles. The number of pyridine rings is 1. The highest BCUT2D eigenvalue weighted by Crippen LogP contribution is 2.17. The molecule has 0 amide bonds. The molecule has 2 atom stereocenters. The summed E-state index contributed by atoms with van der Waals surface area (Å²) in [5.74, 6) is 0. The topological polar surface area (TPSA) is 24.9 Å². The van der Waals surface area contributed by atoms with E-state index in [0.29, 0.717) is 12.1 Å². The van der Waals surface area contributed by atoms with Crippen molar-refractivity contribution >= 4 is 0 Å². The zero-order chi connectivity index (χ0) is 10.5. The van der Waals surface area contributed by atoms with Gasteiger partial charge in [-0.05, 0) is 43.9 Å². The van der Waals surface area contributed by atoms with Crippen LogP contribution in [0.25, 0.3) is 0 Å². The third-order valence-corrected chi connectivity index (χ3v) is 2.96. The Kier molecular flexibility index (Phi) is 3.51. The quantitative estimate of drug-likeness (QED) is 0.762. The predicted molar refractivity (Wildman–Crippen MR) is 62.6 cm³/mol. The Morgan fingerprint density at radius 3 is 2.80 bits per heavy atom.